The number of rotatable bonds is 5. The van der Waals surface area contributed by atoms with E-state index < -0.39 is 6.17 Å². The molecule has 4 nitrogen and oxygen atoms in total. The van der Waals surface area contributed by atoms with Gasteiger partial charge in [-0.05, 0) is 78.8 Å². The van der Waals surface area contributed by atoms with Gasteiger partial charge in [-0.2, -0.15) is 0 Å². The largest absolute Gasteiger partial charge is 0.456 e. The van der Waals surface area contributed by atoms with Crippen LogP contribution in [0.5, 0.6) is 0 Å². The lowest BCUT2D eigenvalue weighted by atomic mass is 9.93. The highest BCUT2D eigenvalue weighted by Gasteiger charge is 2.26. The van der Waals surface area contributed by atoms with Gasteiger partial charge >= 0.3 is 0 Å². The van der Waals surface area contributed by atoms with Crippen LogP contribution in [-0.4, -0.2) is 11.7 Å². The maximum Gasteiger partial charge on any atom is 0.159 e. The van der Waals surface area contributed by atoms with Gasteiger partial charge in [0.15, 0.2) is 5.84 Å². The molecule has 11 rings (SSSR count). The first kappa shape index (κ1) is 31.2. The quantitative estimate of drug-likeness (QED) is 0.181. The zero-order valence-corrected chi connectivity index (χ0v) is 29.8. The standard InChI is InChI=1S/C51H33N3O/c1-2-10-32(11-3-1)34-20-26-37(27-21-34)49-52-50(40-29-22-33-12-4-5-14-38(33)30-40)54-51(53-49)43-17-9-19-46-48(43)47-42(16-8-18-45(47)55-46)39-28-25-36-24-23-35-13-6-7-15-41(35)44(36)31-39/h1-31,51H,(H,52,53,54). The Labute approximate surface area is 317 Å². The fourth-order valence-electron chi connectivity index (χ4n) is 8.20. The minimum Gasteiger partial charge on any atom is -0.456 e. The van der Waals surface area contributed by atoms with Crippen LogP contribution >= 0.6 is 0 Å². The first-order valence-electron chi connectivity index (χ1n) is 18.7. The van der Waals surface area contributed by atoms with Crippen LogP contribution in [0.2, 0.25) is 0 Å². The molecule has 1 aliphatic heterocycles. The highest BCUT2D eigenvalue weighted by atomic mass is 16.3. The number of hydrogen-bond acceptors (Lipinski definition) is 4. The lowest BCUT2D eigenvalue weighted by Crippen LogP contribution is -2.33. The Bertz CT molecular complexity index is 3170. The molecule has 1 atom stereocenters. The van der Waals surface area contributed by atoms with Gasteiger partial charge in [-0.25, -0.2) is 9.98 Å². The molecule has 258 valence electrons. The van der Waals surface area contributed by atoms with E-state index in [1.54, 1.807) is 0 Å². The molecule has 0 saturated heterocycles. The highest BCUT2D eigenvalue weighted by Crippen LogP contribution is 2.42. The maximum atomic E-state index is 6.62. The van der Waals surface area contributed by atoms with Crippen molar-refractivity contribution in [3.05, 3.63) is 205 Å². The van der Waals surface area contributed by atoms with Crippen LogP contribution in [0.1, 0.15) is 22.9 Å². The van der Waals surface area contributed by atoms with Crippen LogP contribution in [0, 0.1) is 0 Å². The van der Waals surface area contributed by atoms with E-state index in [0.717, 1.165) is 66.5 Å². The van der Waals surface area contributed by atoms with Crippen molar-refractivity contribution in [1.29, 1.82) is 0 Å². The number of furan rings is 1. The molecule has 9 aromatic carbocycles. The van der Waals surface area contributed by atoms with Gasteiger partial charge in [0.1, 0.15) is 23.2 Å². The zero-order valence-electron chi connectivity index (χ0n) is 29.8. The summed E-state index contributed by atoms with van der Waals surface area (Å²) < 4.78 is 6.62. The van der Waals surface area contributed by atoms with E-state index in [-0.39, 0.29) is 0 Å². The topological polar surface area (TPSA) is 49.9 Å². The van der Waals surface area contributed by atoms with Crippen LogP contribution in [0.25, 0.3) is 76.5 Å². The van der Waals surface area contributed by atoms with E-state index in [1.165, 1.54) is 32.5 Å². The second kappa shape index (κ2) is 12.7. The second-order valence-corrected chi connectivity index (χ2v) is 14.2. The Kier molecular flexibility index (Phi) is 7.20. The number of amidine groups is 2. The second-order valence-electron chi connectivity index (χ2n) is 14.2. The third-order valence-electron chi connectivity index (χ3n) is 10.9. The summed E-state index contributed by atoms with van der Waals surface area (Å²) >= 11 is 0. The fourth-order valence-corrected chi connectivity index (χ4v) is 8.20. The lowest BCUT2D eigenvalue weighted by Gasteiger charge is -2.24. The van der Waals surface area contributed by atoms with Crippen molar-refractivity contribution in [1.82, 2.24) is 5.32 Å². The van der Waals surface area contributed by atoms with Crippen molar-refractivity contribution in [2.75, 3.05) is 0 Å². The molecular weight excluding hydrogens is 671 g/mol. The van der Waals surface area contributed by atoms with Crippen LogP contribution in [0.15, 0.2) is 202 Å². The van der Waals surface area contributed by atoms with Gasteiger partial charge in [0, 0.05) is 27.5 Å². The number of nitrogens with one attached hydrogen (secondary N) is 1. The van der Waals surface area contributed by atoms with Gasteiger partial charge in [-0.3, -0.25) is 0 Å². The third-order valence-corrected chi connectivity index (χ3v) is 10.9. The van der Waals surface area contributed by atoms with Crippen LogP contribution in [0.3, 0.4) is 0 Å². The van der Waals surface area contributed by atoms with Gasteiger partial charge in [-0.15, -0.1) is 0 Å². The first-order valence-corrected chi connectivity index (χ1v) is 18.7. The Morgan fingerprint density at radius 2 is 1.04 bits per heavy atom. The monoisotopic (exact) mass is 703 g/mol. The molecule has 10 aromatic rings. The van der Waals surface area contributed by atoms with Gasteiger partial charge < -0.3 is 9.73 Å². The van der Waals surface area contributed by atoms with Crippen molar-refractivity contribution in [3.63, 3.8) is 0 Å². The molecule has 0 aliphatic carbocycles. The van der Waals surface area contributed by atoms with Crippen molar-refractivity contribution < 1.29 is 4.42 Å². The van der Waals surface area contributed by atoms with Crippen LogP contribution in [0.4, 0.5) is 0 Å². The molecule has 0 spiro atoms. The number of fused-ring (bicyclic) bond motifs is 7. The Morgan fingerprint density at radius 3 is 1.89 bits per heavy atom. The van der Waals surface area contributed by atoms with Gasteiger partial charge in [0.2, 0.25) is 0 Å². The number of aliphatic imine (C=N–C) groups is 2. The van der Waals surface area contributed by atoms with Gasteiger partial charge in [-0.1, -0.05) is 164 Å². The summed E-state index contributed by atoms with van der Waals surface area (Å²) in [4.78, 5) is 10.5. The molecule has 1 aromatic heterocycles. The van der Waals surface area contributed by atoms with Crippen molar-refractivity contribution in [3.8, 4) is 22.3 Å². The summed E-state index contributed by atoms with van der Waals surface area (Å²) in [5, 5.41) is 13.1. The SMILES string of the molecule is c1ccc(-c2ccc(C3=NC(c4ccc5ccccc5c4)=NC(c4cccc5oc6cccc(-c7ccc8ccc9ccccc9c8c7)c6c45)N3)cc2)cc1. The summed E-state index contributed by atoms with van der Waals surface area (Å²) in [6.45, 7) is 0. The predicted octanol–water partition coefficient (Wildman–Crippen LogP) is 12.9. The summed E-state index contributed by atoms with van der Waals surface area (Å²) in [6.07, 6.45) is -0.430. The number of hydrogen-bond donors (Lipinski definition) is 1. The molecule has 4 heteroatoms. The molecule has 0 fully saturated rings. The van der Waals surface area contributed by atoms with Crippen molar-refractivity contribution in [2.24, 2.45) is 9.98 Å². The summed E-state index contributed by atoms with van der Waals surface area (Å²) in [5.41, 5.74) is 9.26. The predicted molar refractivity (Wildman–Crippen MR) is 229 cm³/mol. The average Bonchev–Trinajstić information content (AvgIpc) is 3.66. The Balaban J connectivity index is 1.08. The molecule has 0 radical (unpaired) electrons. The Hall–Kier alpha value is -7.30. The van der Waals surface area contributed by atoms with Crippen LogP contribution < -0.4 is 5.32 Å². The molecule has 0 bridgehead atoms. The van der Waals surface area contributed by atoms with E-state index in [9.17, 15) is 0 Å². The highest BCUT2D eigenvalue weighted by molar-refractivity contribution is 6.17. The molecule has 1 aliphatic rings. The molecule has 1 unspecified atom stereocenters. The average molecular weight is 704 g/mol. The molecule has 0 amide bonds. The van der Waals surface area contributed by atoms with Gasteiger partial charge in [0.25, 0.3) is 0 Å². The third kappa shape index (κ3) is 5.38. The van der Waals surface area contributed by atoms with Gasteiger partial charge in [0.05, 0.1) is 0 Å². The van der Waals surface area contributed by atoms with E-state index >= 15 is 0 Å². The summed E-state index contributed by atoms with van der Waals surface area (Å²) in [6, 6.07) is 66.4. The molecule has 55 heavy (non-hydrogen) atoms. The molecule has 2 heterocycles. The smallest absolute Gasteiger partial charge is 0.159 e. The zero-order chi connectivity index (χ0) is 36.3. The maximum absolute atomic E-state index is 6.62. The van der Waals surface area contributed by atoms with Crippen molar-refractivity contribution >= 4 is 65.9 Å². The van der Waals surface area contributed by atoms with Crippen LogP contribution in [-0.2, 0) is 0 Å². The number of nitrogens with zero attached hydrogens (tertiary/aromatic N) is 2. The fraction of sp³-hybridized carbons (Fsp3) is 0.0196. The van der Waals surface area contributed by atoms with E-state index in [4.69, 9.17) is 14.4 Å². The summed E-state index contributed by atoms with van der Waals surface area (Å²) in [7, 11) is 0. The minimum absolute atomic E-state index is 0.430. The van der Waals surface area contributed by atoms with E-state index in [0.29, 0.717) is 5.84 Å². The molecule has 0 saturated carbocycles. The molecular formula is C51H33N3O. The van der Waals surface area contributed by atoms with E-state index in [1.807, 2.05) is 6.07 Å². The number of benzene rings is 9. The summed E-state index contributed by atoms with van der Waals surface area (Å²) in [5.74, 6) is 1.46. The normalized spacial score (nSPS) is 14.4. The first-order chi connectivity index (χ1) is 27.2. The Morgan fingerprint density at radius 1 is 0.418 bits per heavy atom. The molecule has 1 N–H and O–H groups in total. The van der Waals surface area contributed by atoms with Crippen molar-refractivity contribution in [2.45, 2.75) is 6.17 Å². The lowest BCUT2D eigenvalue weighted by molar-refractivity contribution is 0.662. The minimum atomic E-state index is -0.430. The van der Waals surface area contributed by atoms with E-state index in [2.05, 4.69) is 187 Å².